The van der Waals surface area contributed by atoms with E-state index in [0.29, 0.717) is 5.75 Å². The predicted octanol–water partition coefficient (Wildman–Crippen LogP) is 1.86. The highest BCUT2D eigenvalue weighted by molar-refractivity contribution is 6.63. The van der Waals surface area contributed by atoms with Crippen LogP contribution < -0.4 is 10.2 Å². The van der Waals surface area contributed by atoms with Crippen LogP contribution in [0.2, 0.25) is 0 Å². The first-order valence-electron chi connectivity index (χ1n) is 8.24. The van der Waals surface area contributed by atoms with Crippen molar-refractivity contribution in [3.63, 3.8) is 0 Å². The third kappa shape index (κ3) is 3.42. The van der Waals surface area contributed by atoms with E-state index in [1.807, 2.05) is 59.0 Å². The molecule has 0 atom stereocenters. The maximum absolute atomic E-state index is 6.14. The fraction of sp³-hybridized carbons (Fsp3) is 0.529. The molecule has 0 amide bonds. The highest BCUT2D eigenvalue weighted by Gasteiger charge is 2.52. The van der Waals surface area contributed by atoms with E-state index < -0.39 is 18.3 Å². The molecule has 1 fully saturated rings. The van der Waals surface area contributed by atoms with Crippen LogP contribution in [0.4, 0.5) is 0 Å². The van der Waals surface area contributed by atoms with Gasteiger partial charge in [-0.25, -0.2) is 4.68 Å². The molecule has 1 saturated heterocycles. The summed E-state index contributed by atoms with van der Waals surface area (Å²) in [7, 11) is 1.07. The van der Waals surface area contributed by atoms with Crippen LogP contribution in [0.25, 0.3) is 5.69 Å². The standard InChI is InChI=1S/C17H24BN3O4/c1-12-10-21(20-19-12)13-7-8-14(15(9-13)23-11-22-6)18-24-16(2,3)17(4,5)25-18/h7-10H,11H2,1-6H3. The normalized spacial score (nSPS) is 18.6. The molecule has 1 aromatic heterocycles. The molecule has 1 aliphatic heterocycles. The van der Waals surface area contributed by atoms with Crippen molar-refractivity contribution >= 4 is 12.6 Å². The van der Waals surface area contributed by atoms with Gasteiger partial charge in [0.25, 0.3) is 0 Å². The summed E-state index contributed by atoms with van der Waals surface area (Å²) in [5.41, 5.74) is 1.66. The average molecular weight is 345 g/mol. The van der Waals surface area contributed by atoms with Crippen molar-refractivity contribution in [1.29, 1.82) is 0 Å². The van der Waals surface area contributed by atoms with Gasteiger partial charge in [0, 0.05) is 18.6 Å². The fourth-order valence-corrected chi connectivity index (χ4v) is 2.55. The molecule has 25 heavy (non-hydrogen) atoms. The Hall–Kier alpha value is -1.90. The van der Waals surface area contributed by atoms with Crippen molar-refractivity contribution in [2.45, 2.75) is 45.8 Å². The van der Waals surface area contributed by atoms with Crippen LogP contribution in [0, 0.1) is 6.92 Å². The average Bonchev–Trinajstić information content (AvgIpc) is 3.06. The molecule has 1 aromatic carbocycles. The predicted molar refractivity (Wildman–Crippen MR) is 94.3 cm³/mol. The van der Waals surface area contributed by atoms with E-state index in [1.54, 1.807) is 11.8 Å². The summed E-state index contributed by atoms with van der Waals surface area (Å²) in [4.78, 5) is 0. The first-order valence-corrected chi connectivity index (χ1v) is 8.24. The van der Waals surface area contributed by atoms with E-state index in [9.17, 15) is 0 Å². The van der Waals surface area contributed by atoms with Crippen molar-refractivity contribution in [1.82, 2.24) is 15.0 Å². The number of hydrogen-bond donors (Lipinski definition) is 0. The summed E-state index contributed by atoms with van der Waals surface area (Å²) >= 11 is 0. The molecule has 0 bridgehead atoms. The van der Waals surface area contributed by atoms with Gasteiger partial charge in [-0.05, 0) is 40.7 Å². The summed E-state index contributed by atoms with van der Waals surface area (Å²) in [6.45, 7) is 10.1. The third-order valence-corrected chi connectivity index (χ3v) is 4.71. The van der Waals surface area contributed by atoms with Crippen molar-refractivity contribution in [3.8, 4) is 11.4 Å². The van der Waals surface area contributed by atoms with Crippen LogP contribution in [0.1, 0.15) is 33.4 Å². The van der Waals surface area contributed by atoms with Crippen LogP contribution in [-0.4, -0.2) is 47.2 Å². The van der Waals surface area contributed by atoms with Crippen molar-refractivity contribution < 1.29 is 18.8 Å². The smallest absolute Gasteiger partial charge is 0.468 e. The molecule has 1 aliphatic rings. The molecular weight excluding hydrogens is 321 g/mol. The zero-order chi connectivity index (χ0) is 18.2. The molecule has 0 aliphatic carbocycles. The van der Waals surface area contributed by atoms with E-state index in [1.165, 1.54) is 0 Å². The molecule has 7 nitrogen and oxygen atoms in total. The van der Waals surface area contributed by atoms with Gasteiger partial charge in [-0.2, -0.15) is 0 Å². The van der Waals surface area contributed by atoms with Crippen LogP contribution in [-0.2, 0) is 14.0 Å². The van der Waals surface area contributed by atoms with Crippen LogP contribution in [0.5, 0.6) is 5.75 Å². The molecule has 8 heteroatoms. The molecule has 0 radical (unpaired) electrons. The summed E-state index contributed by atoms with van der Waals surface area (Å²) in [5.74, 6) is 0.631. The molecule has 0 spiro atoms. The Kier molecular flexibility index (Phi) is 4.61. The summed E-state index contributed by atoms with van der Waals surface area (Å²) in [6, 6.07) is 5.75. The van der Waals surface area contributed by atoms with E-state index in [2.05, 4.69) is 10.3 Å². The lowest BCUT2D eigenvalue weighted by atomic mass is 9.78. The first kappa shape index (κ1) is 17.9. The monoisotopic (exact) mass is 345 g/mol. The van der Waals surface area contributed by atoms with Crippen LogP contribution >= 0.6 is 0 Å². The Morgan fingerprint density at radius 3 is 2.40 bits per heavy atom. The number of rotatable bonds is 5. The Labute approximate surface area is 148 Å². The van der Waals surface area contributed by atoms with Crippen molar-refractivity contribution in [3.05, 3.63) is 30.1 Å². The third-order valence-electron chi connectivity index (χ3n) is 4.71. The maximum atomic E-state index is 6.14. The zero-order valence-corrected chi connectivity index (χ0v) is 15.6. The lowest BCUT2D eigenvalue weighted by Gasteiger charge is -2.32. The zero-order valence-electron chi connectivity index (χ0n) is 15.6. The molecule has 134 valence electrons. The topological polar surface area (TPSA) is 67.6 Å². The lowest BCUT2D eigenvalue weighted by molar-refractivity contribution is 0.00578. The Bertz CT molecular complexity index is 744. The van der Waals surface area contributed by atoms with Crippen LogP contribution in [0.3, 0.4) is 0 Å². The first-order chi connectivity index (χ1) is 11.7. The number of nitrogens with zero attached hydrogens (tertiary/aromatic N) is 3. The minimum atomic E-state index is -0.511. The lowest BCUT2D eigenvalue weighted by Crippen LogP contribution is -2.41. The molecule has 2 aromatic rings. The highest BCUT2D eigenvalue weighted by Crippen LogP contribution is 2.37. The molecule has 0 saturated carbocycles. The van der Waals surface area contributed by atoms with Gasteiger partial charge in [0.05, 0.1) is 28.8 Å². The van der Waals surface area contributed by atoms with E-state index in [4.69, 9.17) is 18.8 Å². The number of methoxy groups -OCH3 is 1. The maximum Gasteiger partial charge on any atom is 0.498 e. The minimum absolute atomic E-state index is 0.131. The SMILES string of the molecule is COCOc1cc(-n2cc(C)nn2)ccc1B1OC(C)(C)C(C)(C)O1. The number of hydrogen-bond acceptors (Lipinski definition) is 6. The second-order valence-electron chi connectivity index (χ2n) is 7.17. The van der Waals surface area contributed by atoms with Crippen molar-refractivity contribution in [2.24, 2.45) is 0 Å². The van der Waals surface area contributed by atoms with Crippen LogP contribution in [0.15, 0.2) is 24.4 Å². The van der Waals surface area contributed by atoms with Gasteiger partial charge < -0.3 is 18.8 Å². The van der Waals surface area contributed by atoms with Gasteiger partial charge in [-0.15, -0.1) is 5.10 Å². The molecule has 3 rings (SSSR count). The van der Waals surface area contributed by atoms with Gasteiger partial charge in [0.2, 0.25) is 0 Å². The van der Waals surface area contributed by atoms with E-state index in [-0.39, 0.29) is 6.79 Å². The summed E-state index contributed by atoms with van der Waals surface area (Å²) < 4.78 is 24.8. The Morgan fingerprint density at radius 1 is 1.16 bits per heavy atom. The van der Waals surface area contributed by atoms with Gasteiger partial charge in [-0.3, -0.25) is 0 Å². The number of ether oxygens (including phenoxy) is 2. The summed E-state index contributed by atoms with van der Waals surface area (Å²) in [5, 5.41) is 8.12. The van der Waals surface area contributed by atoms with Gasteiger partial charge >= 0.3 is 7.12 Å². The molecular formula is C17H24BN3O4. The number of aromatic nitrogens is 3. The highest BCUT2D eigenvalue weighted by atomic mass is 16.7. The van der Waals surface area contributed by atoms with Gasteiger partial charge in [0.1, 0.15) is 5.75 Å². The van der Waals surface area contributed by atoms with E-state index in [0.717, 1.165) is 16.8 Å². The number of benzene rings is 1. The Balaban J connectivity index is 1.96. The summed E-state index contributed by atoms with van der Waals surface area (Å²) in [6.07, 6.45) is 1.85. The van der Waals surface area contributed by atoms with E-state index >= 15 is 0 Å². The van der Waals surface area contributed by atoms with Crippen molar-refractivity contribution in [2.75, 3.05) is 13.9 Å². The quantitative estimate of drug-likeness (QED) is 0.609. The minimum Gasteiger partial charge on any atom is -0.468 e. The second-order valence-corrected chi connectivity index (χ2v) is 7.17. The molecule has 0 unspecified atom stereocenters. The van der Waals surface area contributed by atoms with Gasteiger partial charge in [-0.1, -0.05) is 11.3 Å². The second kappa shape index (κ2) is 6.44. The largest absolute Gasteiger partial charge is 0.498 e. The van der Waals surface area contributed by atoms with Gasteiger partial charge in [0.15, 0.2) is 6.79 Å². The molecule has 2 heterocycles. The fourth-order valence-electron chi connectivity index (χ4n) is 2.55. The number of aryl methyl sites for hydroxylation is 1. The Morgan fingerprint density at radius 2 is 1.84 bits per heavy atom. The molecule has 0 N–H and O–H groups in total.